The minimum absolute atomic E-state index is 0. The number of halogens is 1. The second kappa shape index (κ2) is 8.36. The van der Waals surface area contributed by atoms with Crippen LogP contribution in [0.15, 0.2) is 23.1 Å². The number of hydrogen-bond donors (Lipinski definition) is 2. The average Bonchev–Trinajstić information content (AvgIpc) is 2.46. The normalized spacial score (nSPS) is 20.8. The smallest absolute Gasteiger partial charge is 0.282 e. The van der Waals surface area contributed by atoms with Crippen molar-refractivity contribution in [1.29, 1.82) is 0 Å². The van der Waals surface area contributed by atoms with Crippen molar-refractivity contribution in [2.75, 3.05) is 12.8 Å². The van der Waals surface area contributed by atoms with Gasteiger partial charge < -0.3 is 10.6 Å². The molecule has 1 aromatic carbocycles. The van der Waals surface area contributed by atoms with Crippen molar-refractivity contribution in [2.24, 2.45) is 0 Å². The number of nitrogens with zero attached hydrogens (tertiary/aromatic N) is 1. The number of amides is 1. The molecule has 122 valence electrons. The van der Waals surface area contributed by atoms with Gasteiger partial charge in [-0.3, -0.25) is 14.9 Å². The number of carbonyl (C=O) groups excluding carboxylic acids is 1. The third-order valence-electron chi connectivity index (χ3n) is 3.60. The molecule has 6 nitrogen and oxygen atoms in total. The van der Waals surface area contributed by atoms with Crippen molar-refractivity contribution in [3.8, 4) is 0 Å². The van der Waals surface area contributed by atoms with Gasteiger partial charge in [0.1, 0.15) is 5.56 Å². The van der Waals surface area contributed by atoms with Crippen LogP contribution in [0.5, 0.6) is 0 Å². The predicted molar refractivity (Wildman–Crippen MR) is 90.1 cm³/mol. The van der Waals surface area contributed by atoms with Crippen LogP contribution in [0.4, 0.5) is 5.69 Å². The molecule has 0 spiro atoms. The molecule has 1 amide bonds. The average molecular weight is 346 g/mol. The summed E-state index contributed by atoms with van der Waals surface area (Å²) >= 11 is 1.45. The standard InChI is InChI=1S/C14H19N3O3S.ClH/c1-9-7-10(5-6-15-9)16-14(18)12-8-11(21-2)3-4-13(12)17(19)20;/h3-4,8-10,15H,5-7H2,1-2H3,(H,16,18);1H. The van der Waals surface area contributed by atoms with Crippen LogP contribution in [0.25, 0.3) is 0 Å². The maximum absolute atomic E-state index is 12.4. The van der Waals surface area contributed by atoms with E-state index in [1.54, 1.807) is 12.1 Å². The van der Waals surface area contributed by atoms with Crippen LogP contribution in [0.2, 0.25) is 0 Å². The van der Waals surface area contributed by atoms with E-state index in [1.165, 1.54) is 17.8 Å². The third kappa shape index (κ3) is 4.59. The first-order valence-electron chi connectivity index (χ1n) is 6.88. The van der Waals surface area contributed by atoms with Gasteiger partial charge in [0.25, 0.3) is 11.6 Å². The molecule has 1 aromatic rings. The molecule has 0 saturated carbocycles. The van der Waals surface area contributed by atoms with Crippen molar-refractivity contribution >= 4 is 35.8 Å². The van der Waals surface area contributed by atoms with Crippen LogP contribution in [0, 0.1) is 10.1 Å². The topological polar surface area (TPSA) is 84.3 Å². The van der Waals surface area contributed by atoms with Crippen molar-refractivity contribution in [3.63, 3.8) is 0 Å². The molecule has 1 aliphatic rings. The number of thioether (sulfide) groups is 1. The summed E-state index contributed by atoms with van der Waals surface area (Å²) in [6, 6.07) is 5.04. The molecule has 1 aliphatic heterocycles. The first-order valence-corrected chi connectivity index (χ1v) is 8.10. The van der Waals surface area contributed by atoms with Crippen molar-refractivity contribution in [2.45, 2.75) is 36.7 Å². The third-order valence-corrected chi connectivity index (χ3v) is 4.33. The zero-order valence-electron chi connectivity index (χ0n) is 12.5. The Morgan fingerprint density at radius 2 is 2.23 bits per heavy atom. The van der Waals surface area contributed by atoms with Gasteiger partial charge in [-0.1, -0.05) is 0 Å². The summed E-state index contributed by atoms with van der Waals surface area (Å²) in [4.78, 5) is 23.8. The second-order valence-corrected chi connectivity index (χ2v) is 6.07. The van der Waals surface area contributed by atoms with Crippen LogP contribution in [0.1, 0.15) is 30.1 Å². The summed E-state index contributed by atoms with van der Waals surface area (Å²) < 4.78 is 0. The van der Waals surface area contributed by atoms with Gasteiger partial charge in [-0.25, -0.2) is 0 Å². The Balaban J connectivity index is 0.00000242. The van der Waals surface area contributed by atoms with Crippen molar-refractivity contribution in [3.05, 3.63) is 33.9 Å². The SMILES string of the molecule is CSc1ccc([N+](=O)[O-])c(C(=O)NC2CCNC(C)C2)c1.Cl. The van der Waals surface area contributed by atoms with E-state index in [2.05, 4.69) is 17.6 Å². The number of piperidine rings is 1. The zero-order valence-corrected chi connectivity index (χ0v) is 14.1. The molecule has 8 heteroatoms. The number of nitro groups is 1. The molecule has 22 heavy (non-hydrogen) atoms. The van der Waals surface area contributed by atoms with E-state index in [-0.39, 0.29) is 35.6 Å². The minimum Gasteiger partial charge on any atom is -0.349 e. The lowest BCUT2D eigenvalue weighted by Crippen LogP contribution is -2.46. The Kier molecular flexibility index (Phi) is 7.12. The maximum atomic E-state index is 12.4. The molecule has 0 radical (unpaired) electrons. The van der Waals surface area contributed by atoms with Gasteiger partial charge in [0.2, 0.25) is 0 Å². The first-order chi connectivity index (χ1) is 10.0. The van der Waals surface area contributed by atoms with Gasteiger partial charge in [0.05, 0.1) is 4.92 Å². The van der Waals surface area contributed by atoms with Gasteiger partial charge in [0, 0.05) is 23.0 Å². The molecule has 1 heterocycles. The molecular weight excluding hydrogens is 326 g/mol. The van der Waals surface area contributed by atoms with E-state index >= 15 is 0 Å². The van der Waals surface area contributed by atoms with E-state index in [0.29, 0.717) is 6.04 Å². The molecule has 1 saturated heterocycles. The van der Waals surface area contributed by atoms with E-state index in [1.807, 2.05) is 6.26 Å². The lowest BCUT2D eigenvalue weighted by Gasteiger charge is -2.28. The number of rotatable bonds is 4. The van der Waals surface area contributed by atoms with Crippen LogP contribution < -0.4 is 10.6 Å². The Labute approximate surface area is 140 Å². The molecule has 0 aliphatic carbocycles. The highest BCUT2D eigenvalue weighted by Gasteiger charge is 2.25. The highest BCUT2D eigenvalue weighted by molar-refractivity contribution is 7.98. The fourth-order valence-electron chi connectivity index (χ4n) is 2.51. The zero-order chi connectivity index (χ0) is 15.4. The maximum Gasteiger partial charge on any atom is 0.282 e. The van der Waals surface area contributed by atoms with Gasteiger partial charge in [-0.05, 0) is 44.7 Å². The number of nitrogens with one attached hydrogen (secondary N) is 2. The number of nitro benzene ring substituents is 1. The van der Waals surface area contributed by atoms with E-state index in [4.69, 9.17) is 0 Å². The van der Waals surface area contributed by atoms with Gasteiger partial charge in [-0.2, -0.15) is 0 Å². The molecule has 2 atom stereocenters. The molecule has 2 rings (SSSR count). The predicted octanol–water partition coefficient (Wildman–Crippen LogP) is 2.61. The largest absolute Gasteiger partial charge is 0.349 e. The van der Waals surface area contributed by atoms with Gasteiger partial charge in [0.15, 0.2) is 0 Å². The summed E-state index contributed by atoms with van der Waals surface area (Å²) in [5, 5.41) is 17.3. The summed E-state index contributed by atoms with van der Waals surface area (Å²) in [6.45, 7) is 2.91. The first kappa shape index (κ1) is 18.7. The van der Waals surface area contributed by atoms with Crippen LogP contribution in [-0.4, -0.2) is 35.7 Å². The lowest BCUT2D eigenvalue weighted by atomic mass is 10.00. The minimum atomic E-state index is -0.510. The van der Waals surface area contributed by atoms with Gasteiger partial charge in [-0.15, -0.1) is 24.2 Å². The lowest BCUT2D eigenvalue weighted by molar-refractivity contribution is -0.385. The highest BCUT2D eigenvalue weighted by Crippen LogP contribution is 2.25. The highest BCUT2D eigenvalue weighted by atomic mass is 35.5. The Morgan fingerprint density at radius 1 is 1.50 bits per heavy atom. The van der Waals surface area contributed by atoms with E-state index < -0.39 is 4.92 Å². The molecular formula is C14H20ClN3O3S. The summed E-state index contributed by atoms with van der Waals surface area (Å²) in [7, 11) is 0. The van der Waals surface area contributed by atoms with Crippen LogP contribution in [0.3, 0.4) is 0 Å². The molecule has 0 bridgehead atoms. The molecule has 0 aromatic heterocycles. The fraction of sp³-hybridized carbons (Fsp3) is 0.500. The molecule has 2 N–H and O–H groups in total. The van der Waals surface area contributed by atoms with E-state index in [0.717, 1.165) is 24.3 Å². The monoisotopic (exact) mass is 345 g/mol. The summed E-state index contributed by atoms with van der Waals surface area (Å²) in [5.41, 5.74) is -0.00896. The summed E-state index contributed by atoms with van der Waals surface area (Å²) in [5.74, 6) is -0.364. The molecule has 2 unspecified atom stereocenters. The summed E-state index contributed by atoms with van der Waals surface area (Å²) in [6.07, 6.45) is 3.55. The molecule has 1 fully saturated rings. The Morgan fingerprint density at radius 3 is 2.82 bits per heavy atom. The Bertz CT molecular complexity index is 556. The number of carbonyl (C=O) groups is 1. The second-order valence-electron chi connectivity index (χ2n) is 5.19. The van der Waals surface area contributed by atoms with Crippen LogP contribution in [-0.2, 0) is 0 Å². The fourth-order valence-corrected chi connectivity index (χ4v) is 2.95. The number of hydrogen-bond acceptors (Lipinski definition) is 5. The Hall–Kier alpha value is -1.31. The number of benzene rings is 1. The van der Waals surface area contributed by atoms with Crippen LogP contribution >= 0.6 is 24.2 Å². The van der Waals surface area contributed by atoms with Gasteiger partial charge >= 0.3 is 0 Å². The quantitative estimate of drug-likeness (QED) is 0.498. The van der Waals surface area contributed by atoms with Crippen molar-refractivity contribution < 1.29 is 9.72 Å². The van der Waals surface area contributed by atoms with Crippen molar-refractivity contribution in [1.82, 2.24) is 10.6 Å². The van der Waals surface area contributed by atoms with E-state index in [9.17, 15) is 14.9 Å².